The van der Waals surface area contributed by atoms with Crippen LogP contribution in [0.4, 0.5) is 0 Å². The molecule has 0 unspecified atom stereocenters. The Bertz CT molecular complexity index is 301. The van der Waals surface area contributed by atoms with Gasteiger partial charge in [-0.2, -0.15) is 0 Å². The number of aromatic nitrogens is 1. The standard InChI is InChI=1S/C12H18N2O2/c1-16-10-4-9-14-12(15)7-6-11-5-2-3-8-13-11/h2-3,5,8H,4,6-7,9-10H2,1H3,(H,14,15). The van der Waals surface area contributed by atoms with Crippen LogP contribution in [0.5, 0.6) is 0 Å². The normalized spacial score (nSPS) is 10.1. The van der Waals surface area contributed by atoms with E-state index in [2.05, 4.69) is 10.3 Å². The molecule has 1 aromatic rings. The van der Waals surface area contributed by atoms with E-state index < -0.39 is 0 Å². The predicted octanol–water partition coefficient (Wildman–Crippen LogP) is 1.17. The highest BCUT2D eigenvalue weighted by Gasteiger charge is 2.01. The summed E-state index contributed by atoms with van der Waals surface area (Å²) >= 11 is 0. The van der Waals surface area contributed by atoms with Gasteiger partial charge in [-0.1, -0.05) is 6.07 Å². The van der Waals surface area contributed by atoms with Gasteiger partial charge in [-0.25, -0.2) is 0 Å². The summed E-state index contributed by atoms with van der Waals surface area (Å²) < 4.78 is 4.89. The molecule has 1 aromatic heterocycles. The number of nitrogens with one attached hydrogen (secondary N) is 1. The summed E-state index contributed by atoms with van der Waals surface area (Å²) in [5.41, 5.74) is 0.953. The number of ether oxygens (including phenoxy) is 1. The second-order valence-electron chi connectivity index (χ2n) is 3.52. The van der Waals surface area contributed by atoms with Gasteiger partial charge in [0.05, 0.1) is 0 Å². The van der Waals surface area contributed by atoms with Crippen molar-refractivity contribution in [2.75, 3.05) is 20.3 Å². The van der Waals surface area contributed by atoms with Crippen LogP contribution in [0.15, 0.2) is 24.4 Å². The van der Waals surface area contributed by atoms with Crippen molar-refractivity contribution in [3.05, 3.63) is 30.1 Å². The van der Waals surface area contributed by atoms with Crippen LogP contribution >= 0.6 is 0 Å². The van der Waals surface area contributed by atoms with Gasteiger partial charge < -0.3 is 10.1 Å². The summed E-state index contributed by atoms with van der Waals surface area (Å²) in [7, 11) is 1.66. The van der Waals surface area contributed by atoms with Crippen LogP contribution in [-0.4, -0.2) is 31.2 Å². The minimum absolute atomic E-state index is 0.0711. The average Bonchev–Trinajstić information content (AvgIpc) is 2.33. The number of carbonyl (C=O) groups is 1. The monoisotopic (exact) mass is 222 g/mol. The number of nitrogens with zero attached hydrogens (tertiary/aromatic N) is 1. The Morgan fingerprint density at radius 3 is 3.06 bits per heavy atom. The quantitative estimate of drug-likeness (QED) is 0.704. The Balaban J connectivity index is 2.11. The van der Waals surface area contributed by atoms with Gasteiger partial charge in [0.25, 0.3) is 0 Å². The summed E-state index contributed by atoms with van der Waals surface area (Å²) in [5, 5.41) is 2.84. The number of carbonyl (C=O) groups excluding carboxylic acids is 1. The van der Waals surface area contributed by atoms with Crippen molar-refractivity contribution in [1.29, 1.82) is 0 Å². The van der Waals surface area contributed by atoms with Crippen LogP contribution in [0, 0.1) is 0 Å². The van der Waals surface area contributed by atoms with Crippen LogP contribution in [0.2, 0.25) is 0 Å². The zero-order chi connectivity index (χ0) is 11.6. The van der Waals surface area contributed by atoms with E-state index >= 15 is 0 Å². The Hall–Kier alpha value is -1.42. The SMILES string of the molecule is COCCCNC(=O)CCc1ccccn1. The fraction of sp³-hybridized carbons (Fsp3) is 0.500. The fourth-order valence-corrected chi connectivity index (χ4v) is 1.32. The van der Waals surface area contributed by atoms with Crippen molar-refractivity contribution in [2.45, 2.75) is 19.3 Å². The lowest BCUT2D eigenvalue weighted by Gasteiger charge is -2.04. The van der Waals surface area contributed by atoms with Crippen molar-refractivity contribution in [2.24, 2.45) is 0 Å². The van der Waals surface area contributed by atoms with Crippen molar-refractivity contribution >= 4 is 5.91 Å². The Labute approximate surface area is 96.0 Å². The first-order valence-corrected chi connectivity index (χ1v) is 5.48. The van der Waals surface area contributed by atoms with E-state index in [0.29, 0.717) is 26.0 Å². The number of aryl methyl sites for hydroxylation is 1. The smallest absolute Gasteiger partial charge is 0.220 e. The maximum absolute atomic E-state index is 11.4. The van der Waals surface area contributed by atoms with Crippen LogP contribution in [0.3, 0.4) is 0 Å². The number of rotatable bonds is 7. The summed E-state index contributed by atoms with van der Waals surface area (Å²) in [6.45, 7) is 1.36. The van der Waals surface area contributed by atoms with E-state index in [1.165, 1.54) is 0 Å². The van der Waals surface area contributed by atoms with Crippen molar-refractivity contribution in [3.63, 3.8) is 0 Å². The van der Waals surface area contributed by atoms with E-state index in [-0.39, 0.29) is 5.91 Å². The second-order valence-corrected chi connectivity index (χ2v) is 3.52. The second kappa shape index (κ2) is 7.82. The molecule has 1 heterocycles. The molecule has 0 spiro atoms. The zero-order valence-electron chi connectivity index (χ0n) is 9.61. The molecular weight excluding hydrogens is 204 g/mol. The molecule has 0 bridgehead atoms. The molecule has 0 fully saturated rings. The third-order valence-electron chi connectivity index (χ3n) is 2.18. The van der Waals surface area contributed by atoms with Crippen LogP contribution in [-0.2, 0) is 16.0 Å². The molecular formula is C12H18N2O2. The minimum atomic E-state index is 0.0711. The van der Waals surface area contributed by atoms with Gasteiger partial charge in [-0.15, -0.1) is 0 Å². The molecule has 0 aliphatic heterocycles. The summed E-state index contributed by atoms with van der Waals surface area (Å²) in [4.78, 5) is 15.6. The Morgan fingerprint density at radius 1 is 1.50 bits per heavy atom. The molecule has 4 nitrogen and oxygen atoms in total. The largest absolute Gasteiger partial charge is 0.385 e. The number of methoxy groups -OCH3 is 1. The average molecular weight is 222 g/mol. The lowest BCUT2D eigenvalue weighted by atomic mass is 10.2. The molecule has 88 valence electrons. The highest BCUT2D eigenvalue weighted by Crippen LogP contribution is 1.97. The lowest BCUT2D eigenvalue weighted by Crippen LogP contribution is -2.25. The molecule has 16 heavy (non-hydrogen) atoms. The predicted molar refractivity (Wildman–Crippen MR) is 62.1 cm³/mol. The number of amides is 1. The molecule has 0 aromatic carbocycles. The van der Waals surface area contributed by atoms with Gasteiger partial charge >= 0.3 is 0 Å². The topological polar surface area (TPSA) is 51.2 Å². The Morgan fingerprint density at radius 2 is 2.38 bits per heavy atom. The first kappa shape index (κ1) is 12.6. The molecule has 0 aliphatic rings. The van der Waals surface area contributed by atoms with Gasteiger partial charge in [-0.05, 0) is 25.0 Å². The van der Waals surface area contributed by atoms with Gasteiger partial charge in [0.2, 0.25) is 5.91 Å². The molecule has 0 saturated heterocycles. The van der Waals surface area contributed by atoms with Gasteiger partial charge in [0.15, 0.2) is 0 Å². The minimum Gasteiger partial charge on any atom is -0.385 e. The van der Waals surface area contributed by atoms with Crippen LogP contribution < -0.4 is 5.32 Å². The van der Waals surface area contributed by atoms with E-state index in [9.17, 15) is 4.79 Å². The molecule has 1 N–H and O–H groups in total. The van der Waals surface area contributed by atoms with E-state index in [1.54, 1.807) is 13.3 Å². The van der Waals surface area contributed by atoms with Crippen molar-refractivity contribution in [3.8, 4) is 0 Å². The van der Waals surface area contributed by atoms with E-state index in [0.717, 1.165) is 12.1 Å². The lowest BCUT2D eigenvalue weighted by molar-refractivity contribution is -0.121. The first-order valence-electron chi connectivity index (χ1n) is 5.48. The van der Waals surface area contributed by atoms with Crippen LogP contribution in [0.1, 0.15) is 18.5 Å². The summed E-state index contributed by atoms with van der Waals surface area (Å²) in [6, 6.07) is 5.73. The highest BCUT2D eigenvalue weighted by atomic mass is 16.5. The molecule has 4 heteroatoms. The summed E-state index contributed by atoms with van der Waals surface area (Å²) in [6.07, 6.45) is 3.78. The molecule has 0 radical (unpaired) electrons. The van der Waals surface area contributed by atoms with Crippen molar-refractivity contribution < 1.29 is 9.53 Å². The molecule has 0 atom stereocenters. The number of hydrogen-bond donors (Lipinski definition) is 1. The molecule has 1 amide bonds. The maximum Gasteiger partial charge on any atom is 0.220 e. The van der Waals surface area contributed by atoms with Crippen LogP contribution in [0.25, 0.3) is 0 Å². The Kier molecular flexibility index (Phi) is 6.18. The maximum atomic E-state index is 11.4. The molecule has 1 rings (SSSR count). The molecule has 0 saturated carbocycles. The number of pyridine rings is 1. The first-order chi connectivity index (χ1) is 7.83. The van der Waals surface area contributed by atoms with Gasteiger partial charge in [-0.3, -0.25) is 9.78 Å². The van der Waals surface area contributed by atoms with Gasteiger partial charge in [0.1, 0.15) is 0 Å². The zero-order valence-corrected chi connectivity index (χ0v) is 9.61. The van der Waals surface area contributed by atoms with E-state index in [1.807, 2.05) is 18.2 Å². The third-order valence-corrected chi connectivity index (χ3v) is 2.18. The van der Waals surface area contributed by atoms with Gasteiger partial charge in [0, 0.05) is 38.6 Å². The summed E-state index contributed by atoms with van der Waals surface area (Å²) in [5.74, 6) is 0.0711. The van der Waals surface area contributed by atoms with E-state index in [4.69, 9.17) is 4.74 Å². The number of hydrogen-bond acceptors (Lipinski definition) is 3. The fourth-order valence-electron chi connectivity index (χ4n) is 1.32. The third kappa shape index (κ3) is 5.46. The van der Waals surface area contributed by atoms with Crippen molar-refractivity contribution in [1.82, 2.24) is 10.3 Å². The highest BCUT2D eigenvalue weighted by molar-refractivity contribution is 5.76. The molecule has 0 aliphatic carbocycles.